The molecule has 9 heteroatoms. The van der Waals surface area contributed by atoms with Gasteiger partial charge in [-0.1, -0.05) is 26.0 Å². The molecule has 0 bridgehead atoms. The summed E-state index contributed by atoms with van der Waals surface area (Å²) in [5.41, 5.74) is 0.404. The van der Waals surface area contributed by atoms with Crippen LogP contribution in [0, 0.1) is 5.82 Å². The van der Waals surface area contributed by atoms with Crippen molar-refractivity contribution >= 4 is 17.7 Å². The molecule has 1 aromatic carbocycles. The Kier molecular flexibility index (Phi) is 5.17. The Morgan fingerprint density at radius 3 is 2.46 bits per heavy atom. The molecule has 0 spiro atoms. The van der Waals surface area contributed by atoms with Gasteiger partial charge in [-0.15, -0.1) is 10.2 Å². The van der Waals surface area contributed by atoms with Crippen LogP contribution in [0.15, 0.2) is 34.6 Å². The highest BCUT2D eigenvalue weighted by atomic mass is 32.2. The zero-order valence-electron chi connectivity index (χ0n) is 15.3. The van der Waals surface area contributed by atoms with Gasteiger partial charge in [0.15, 0.2) is 11.0 Å². The van der Waals surface area contributed by atoms with E-state index in [0.29, 0.717) is 33.5 Å². The van der Waals surface area contributed by atoms with E-state index in [1.807, 2.05) is 32.8 Å². The van der Waals surface area contributed by atoms with Crippen LogP contribution in [0.1, 0.15) is 25.6 Å². The fourth-order valence-corrected chi connectivity index (χ4v) is 2.96. The third kappa shape index (κ3) is 3.67. The SMILES string of the molecule is CC(C)c1nc(Sc2nnc(-c3ccccc3F)n2C)nc(N(C)C)n1. The number of rotatable bonds is 5. The van der Waals surface area contributed by atoms with Crippen LogP contribution in [0.25, 0.3) is 11.4 Å². The lowest BCUT2D eigenvalue weighted by Gasteiger charge is -2.13. The number of halogens is 1. The topological polar surface area (TPSA) is 72.6 Å². The molecule has 0 aliphatic heterocycles. The van der Waals surface area contributed by atoms with Crippen molar-refractivity contribution in [3.8, 4) is 11.4 Å². The molecule has 3 aromatic rings. The van der Waals surface area contributed by atoms with Crippen molar-refractivity contribution in [3.05, 3.63) is 35.9 Å². The van der Waals surface area contributed by atoms with Gasteiger partial charge >= 0.3 is 0 Å². The second-order valence-corrected chi connectivity index (χ2v) is 7.21. The molecule has 0 radical (unpaired) electrons. The molecule has 0 atom stereocenters. The minimum absolute atomic E-state index is 0.171. The Morgan fingerprint density at radius 1 is 1.08 bits per heavy atom. The Bertz CT molecular complexity index is 897. The molecular formula is C17H20FN7S. The average Bonchev–Trinajstić information content (AvgIpc) is 2.95. The first-order valence-corrected chi connectivity index (χ1v) is 8.94. The van der Waals surface area contributed by atoms with Crippen LogP contribution in [0.2, 0.25) is 0 Å². The highest BCUT2D eigenvalue weighted by Crippen LogP contribution is 2.29. The average molecular weight is 373 g/mol. The number of aromatic nitrogens is 6. The van der Waals surface area contributed by atoms with E-state index in [4.69, 9.17) is 0 Å². The largest absolute Gasteiger partial charge is 0.347 e. The van der Waals surface area contributed by atoms with Gasteiger partial charge in [0.1, 0.15) is 11.6 Å². The van der Waals surface area contributed by atoms with Gasteiger partial charge in [0.05, 0.1) is 5.56 Å². The van der Waals surface area contributed by atoms with Crippen LogP contribution >= 0.6 is 11.8 Å². The van der Waals surface area contributed by atoms with E-state index in [1.54, 1.807) is 29.8 Å². The molecular weight excluding hydrogens is 353 g/mol. The van der Waals surface area contributed by atoms with Gasteiger partial charge in [-0.2, -0.15) is 9.97 Å². The van der Waals surface area contributed by atoms with Crippen LogP contribution in [-0.2, 0) is 7.05 Å². The summed E-state index contributed by atoms with van der Waals surface area (Å²) in [7, 11) is 5.56. The summed E-state index contributed by atoms with van der Waals surface area (Å²) in [5.74, 6) is 1.59. The van der Waals surface area contributed by atoms with Crippen molar-refractivity contribution in [1.29, 1.82) is 0 Å². The normalized spacial score (nSPS) is 11.2. The van der Waals surface area contributed by atoms with Gasteiger partial charge in [0.25, 0.3) is 0 Å². The van der Waals surface area contributed by atoms with Crippen molar-refractivity contribution in [2.75, 3.05) is 19.0 Å². The van der Waals surface area contributed by atoms with Gasteiger partial charge in [0, 0.05) is 27.1 Å². The zero-order valence-corrected chi connectivity index (χ0v) is 16.1. The lowest BCUT2D eigenvalue weighted by molar-refractivity contribution is 0.628. The second kappa shape index (κ2) is 7.36. The fourth-order valence-electron chi connectivity index (χ4n) is 2.23. The predicted octanol–water partition coefficient (Wildman–Crippen LogP) is 3.15. The Balaban J connectivity index is 1.96. The van der Waals surface area contributed by atoms with Crippen LogP contribution in [-0.4, -0.2) is 43.8 Å². The van der Waals surface area contributed by atoms with Crippen molar-refractivity contribution in [2.45, 2.75) is 30.1 Å². The zero-order chi connectivity index (χ0) is 18.8. The minimum Gasteiger partial charge on any atom is -0.347 e. The molecule has 26 heavy (non-hydrogen) atoms. The Morgan fingerprint density at radius 2 is 1.81 bits per heavy atom. The van der Waals surface area contributed by atoms with Crippen LogP contribution in [0.4, 0.5) is 10.3 Å². The molecule has 0 N–H and O–H groups in total. The number of hydrogen-bond donors (Lipinski definition) is 0. The summed E-state index contributed by atoms with van der Waals surface area (Å²) in [5, 5.41) is 9.41. The monoisotopic (exact) mass is 373 g/mol. The summed E-state index contributed by atoms with van der Waals surface area (Å²) < 4.78 is 15.8. The van der Waals surface area contributed by atoms with Gasteiger partial charge in [-0.3, -0.25) is 0 Å². The van der Waals surface area contributed by atoms with Crippen LogP contribution < -0.4 is 4.90 Å². The molecule has 0 aliphatic carbocycles. The van der Waals surface area contributed by atoms with E-state index in [0.717, 1.165) is 0 Å². The number of benzene rings is 1. The molecule has 0 aliphatic rings. The first-order chi connectivity index (χ1) is 12.4. The maximum absolute atomic E-state index is 14.0. The van der Waals surface area contributed by atoms with Crippen molar-refractivity contribution in [3.63, 3.8) is 0 Å². The quantitative estimate of drug-likeness (QED) is 0.680. The van der Waals surface area contributed by atoms with Crippen molar-refractivity contribution in [1.82, 2.24) is 29.7 Å². The summed E-state index contributed by atoms with van der Waals surface area (Å²) >= 11 is 1.28. The minimum atomic E-state index is -0.336. The highest BCUT2D eigenvalue weighted by molar-refractivity contribution is 7.99. The van der Waals surface area contributed by atoms with Gasteiger partial charge < -0.3 is 9.47 Å². The van der Waals surface area contributed by atoms with E-state index in [1.165, 1.54) is 17.8 Å². The van der Waals surface area contributed by atoms with E-state index in [-0.39, 0.29) is 11.7 Å². The Labute approximate surface area is 155 Å². The van der Waals surface area contributed by atoms with Gasteiger partial charge in [0.2, 0.25) is 11.1 Å². The van der Waals surface area contributed by atoms with Gasteiger partial charge in [-0.05, 0) is 23.9 Å². The molecule has 2 heterocycles. The predicted molar refractivity (Wildman–Crippen MR) is 98.8 cm³/mol. The van der Waals surface area contributed by atoms with E-state index in [2.05, 4.69) is 25.1 Å². The molecule has 0 saturated heterocycles. The highest BCUT2D eigenvalue weighted by Gasteiger charge is 2.18. The third-order valence-corrected chi connectivity index (χ3v) is 4.57. The Hall–Kier alpha value is -2.55. The number of anilines is 1. The fraction of sp³-hybridized carbons (Fsp3) is 0.353. The maximum atomic E-state index is 14.0. The van der Waals surface area contributed by atoms with Crippen LogP contribution in [0.3, 0.4) is 0 Å². The summed E-state index contributed by atoms with van der Waals surface area (Å²) in [6.07, 6.45) is 0. The second-order valence-electron chi connectivity index (χ2n) is 6.27. The first-order valence-electron chi connectivity index (χ1n) is 8.12. The van der Waals surface area contributed by atoms with E-state index in [9.17, 15) is 4.39 Å². The summed E-state index contributed by atoms with van der Waals surface area (Å²) in [6.45, 7) is 4.06. The van der Waals surface area contributed by atoms with E-state index >= 15 is 0 Å². The third-order valence-electron chi connectivity index (χ3n) is 3.67. The maximum Gasteiger partial charge on any atom is 0.229 e. The molecule has 136 valence electrons. The summed E-state index contributed by atoms with van der Waals surface area (Å²) in [6, 6.07) is 6.49. The number of nitrogens with zero attached hydrogens (tertiary/aromatic N) is 7. The molecule has 3 rings (SSSR count). The van der Waals surface area contributed by atoms with Gasteiger partial charge in [-0.25, -0.2) is 9.37 Å². The van der Waals surface area contributed by atoms with E-state index < -0.39 is 0 Å². The smallest absolute Gasteiger partial charge is 0.229 e. The van der Waals surface area contributed by atoms with Crippen molar-refractivity contribution < 1.29 is 4.39 Å². The van der Waals surface area contributed by atoms with Crippen LogP contribution in [0.5, 0.6) is 0 Å². The molecule has 0 fully saturated rings. The first kappa shape index (κ1) is 18.2. The summed E-state index contributed by atoms with van der Waals surface area (Å²) in [4.78, 5) is 15.3. The lowest BCUT2D eigenvalue weighted by atomic mass is 10.2. The van der Waals surface area contributed by atoms with Crippen molar-refractivity contribution in [2.24, 2.45) is 7.05 Å². The molecule has 7 nitrogen and oxygen atoms in total. The standard InChI is InChI=1S/C17H20FN7S/c1-10(2)13-19-15(24(3)4)21-16(20-13)26-17-23-22-14(25(17)5)11-8-6-7-9-12(11)18/h6-10H,1-5H3. The number of hydrogen-bond acceptors (Lipinski definition) is 7. The molecule has 0 unspecified atom stereocenters. The molecule has 0 saturated carbocycles. The lowest BCUT2D eigenvalue weighted by Crippen LogP contribution is -2.15. The molecule has 2 aromatic heterocycles. The molecule has 0 amide bonds.